The number of hydrogen-bond donors (Lipinski definition) is 1. The van der Waals surface area contributed by atoms with Gasteiger partial charge in [-0.2, -0.15) is 0 Å². The molecule has 1 aromatic rings. The number of hydrogen-bond acceptors (Lipinski definition) is 2. The summed E-state index contributed by atoms with van der Waals surface area (Å²) in [6.45, 7) is 2.14. The number of nitrogens with zero attached hydrogens (tertiary/aromatic N) is 1. The van der Waals surface area contributed by atoms with E-state index in [1.165, 1.54) is 5.56 Å². The maximum atomic E-state index is 5.88. The smallest absolute Gasteiger partial charge is 0.0295 e. The first-order valence-electron chi connectivity index (χ1n) is 4.00. The molecule has 0 unspecified atom stereocenters. The Balaban J connectivity index is 0.00000121. The minimum Gasteiger partial charge on any atom is -0.324 e. The second-order valence-corrected chi connectivity index (χ2v) is 2.68. The number of rotatable bonds is 3. The van der Waals surface area contributed by atoms with Gasteiger partial charge in [0.15, 0.2) is 0 Å². The second-order valence-electron chi connectivity index (χ2n) is 2.68. The van der Waals surface area contributed by atoms with E-state index in [0.29, 0.717) is 0 Å². The van der Waals surface area contributed by atoms with E-state index in [-0.39, 0.29) is 18.4 Å². The first-order valence-corrected chi connectivity index (χ1v) is 4.00. The van der Waals surface area contributed by atoms with Crippen LogP contribution in [-0.2, 0) is 0 Å². The standard InChI is InChI=1S/C9H14N2.ClH/c1-2-3-9(10)8-4-6-11-7-5-8;/h4-7,9H,2-3,10H2,1H3;1H/t9-;/m0./s1. The van der Waals surface area contributed by atoms with Crippen molar-refractivity contribution in [1.29, 1.82) is 0 Å². The summed E-state index contributed by atoms with van der Waals surface area (Å²) < 4.78 is 0. The van der Waals surface area contributed by atoms with E-state index in [4.69, 9.17) is 5.73 Å². The molecule has 0 aliphatic carbocycles. The van der Waals surface area contributed by atoms with Crippen LogP contribution in [0.5, 0.6) is 0 Å². The predicted molar refractivity (Wildman–Crippen MR) is 53.3 cm³/mol. The molecule has 0 aromatic carbocycles. The van der Waals surface area contributed by atoms with E-state index in [9.17, 15) is 0 Å². The Morgan fingerprint density at radius 3 is 2.50 bits per heavy atom. The molecule has 0 aliphatic rings. The molecule has 1 heterocycles. The van der Waals surface area contributed by atoms with Crippen LogP contribution in [0.2, 0.25) is 0 Å². The van der Waals surface area contributed by atoms with E-state index in [2.05, 4.69) is 11.9 Å². The van der Waals surface area contributed by atoms with Gasteiger partial charge in [0.2, 0.25) is 0 Å². The summed E-state index contributed by atoms with van der Waals surface area (Å²) in [5.74, 6) is 0. The van der Waals surface area contributed by atoms with Gasteiger partial charge in [0.1, 0.15) is 0 Å². The highest BCUT2D eigenvalue weighted by Gasteiger charge is 2.01. The second kappa shape index (κ2) is 5.98. The van der Waals surface area contributed by atoms with Gasteiger partial charge in [-0.1, -0.05) is 13.3 Å². The third-order valence-corrected chi connectivity index (χ3v) is 1.73. The van der Waals surface area contributed by atoms with E-state index >= 15 is 0 Å². The molecule has 3 heteroatoms. The average molecular weight is 187 g/mol. The Labute approximate surface area is 79.6 Å². The van der Waals surface area contributed by atoms with Crippen molar-refractivity contribution in [1.82, 2.24) is 4.98 Å². The van der Waals surface area contributed by atoms with Crippen molar-refractivity contribution in [2.75, 3.05) is 0 Å². The van der Waals surface area contributed by atoms with Gasteiger partial charge >= 0.3 is 0 Å². The SMILES string of the molecule is CCC[C@H](N)c1ccncc1.Cl. The van der Waals surface area contributed by atoms with Crippen molar-refractivity contribution in [3.63, 3.8) is 0 Å². The molecule has 1 aromatic heterocycles. The quantitative estimate of drug-likeness (QED) is 0.787. The summed E-state index contributed by atoms with van der Waals surface area (Å²) >= 11 is 0. The molecule has 0 saturated carbocycles. The molecule has 0 amide bonds. The van der Waals surface area contributed by atoms with Crippen LogP contribution < -0.4 is 5.73 Å². The van der Waals surface area contributed by atoms with Crippen LogP contribution >= 0.6 is 12.4 Å². The van der Waals surface area contributed by atoms with Gasteiger partial charge in [0.25, 0.3) is 0 Å². The van der Waals surface area contributed by atoms with E-state index in [1.54, 1.807) is 12.4 Å². The maximum Gasteiger partial charge on any atom is 0.0295 e. The Hall–Kier alpha value is -0.600. The molecule has 0 saturated heterocycles. The van der Waals surface area contributed by atoms with Crippen LogP contribution in [0.1, 0.15) is 31.4 Å². The fraction of sp³-hybridized carbons (Fsp3) is 0.444. The highest BCUT2D eigenvalue weighted by Crippen LogP contribution is 2.13. The van der Waals surface area contributed by atoms with Crippen molar-refractivity contribution in [2.24, 2.45) is 5.73 Å². The largest absolute Gasteiger partial charge is 0.324 e. The first-order chi connectivity index (χ1) is 5.34. The van der Waals surface area contributed by atoms with Gasteiger partial charge in [-0.25, -0.2) is 0 Å². The lowest BCUT2D eigenvalue weighted by atomic mass is 10.1. The average Bonchev–Trinajstić information content (AvgIpc) is 2.07. The normalized spacial score (nSPS) is 11.8. The third kappa shape index (κ3) is 3.20. The summed E-state index contributed by atoms with van der Waals surface area (Å²) in [4.78, 5) is 3.93. The Kier molecular flexibility index (Phi) is 5.68. The van der Waals surface area contributed by atoms with Crippen LogP contribution in [0.15, 0.2) is 24.5 Å². The first kappa shape index (κ1) is 11.4. The predicted octanol–water partition coefficient (Wildman–Crippen LogP) is 2.30. The molecular formula is C9H15ClN2. The zero-order valence-electron chi connectivity index (χ0n) is 7.23. The molecule has 1 rings (SSSR count). The number of aromatic nitrogens is 1. The highest BCUT2D eigenvalue weighted by atomic mass is 35.5. The minimum atomic E-state index is 0. The monoisotopic (exact) mass is 186 g/mol. The summed E-state index contributed by atoms with van der Waals surface area (Å²) in [6, 6.07) is 4.13. The van der Waals surface area contributed by atoms with Crippen LogP contribution in [0.25, 0.3) is 0 Å². The van der Waals surface area contributed by atoms with Gasteiger partial charge < -0.3 is 5.73 Å². The van der Waals surface area contributed by atoms with Crippen molar-refractivity contribution in [3.05, 3.63) is 30.1 Å². The summed E-state index contributed by atoms with van der Waals surface area (Å²) in [6.07, 6.45) is 5.74. The van der Waals surface area contributed by atoms with E-state index in [1.807, 2.05) is 12.1 Å². The van der Waals surface area contributed by atoms with E-state index in [0.717, 1.165) is 12.8 Å². The number of nitrogens with two attached hydrogens (primary N) is 1. The third-order valence-electron chi connectivity index (χ3n) is 1.73. The van der Waals surface area contributed by atoms with Gasteiger partial charge in [0, 0.05) is 18.4 Å². The van der Waals surface area contributed by atoms with Gasteiger partial charge in [0.05, 0.1) is 0 Å². The highest BCUT2D eigenvalue weighted by molar-refractivity contribution is 5.85. The molecular weight excluding hydrogens is 172 g/mol. The molecule has 0 radical (unpaired) electrons. The van der Waals surface area contributed by atoms with Crippen LogP contribution in [0.4, 0.5) is 0 Å². The fourth-order valence-electron chi connectivity index (χ4n) is 1.09. The number of pyridine rings is 1. The molecule has 12 heavy (non-hydrogen) atoms. The summed E-state index contributed by atoms with van der Waals surface area (Å²) in [7, 11) is 0. The van der Waals surface area contributed by atoms with Crippen LogP contribution in [-0.4, -0.2) is 4.98 Å². The van der Waals surface area contributed by atoms with Gasteiger partial charge in [-0.3, -0.25) is 4.98 Å². The van der Waals surface area contributed by atoms with Crippen LogP contribution in [0.3, 0.4) is 0 Å². The lowest BCUT2D eigenvalue weighted by molar-refractivity contribution is 0.637. The topological polar surface area (TPSA) is 38.9 Å². The van der Waals surface area contributed by atoms with Crippen molar-refractivity contribution in [2.45, 2.75) is 25.8 Å². The molecule has 68 valence electrons. The van der Waals surface area contributed by atoms with Crippen molar-refractivity contribution in [3.8, 4) is 0 Å². The van der Waals surface area contributed by atoms with Crippen molar-refractivity contribution >= 4 is 12.4 Å². The minimum absolute atomic E-state index is 0. The molecule has 2 nitrogen and oxygen atoms in total. The molecule has 2 N–H and O–H groups in total. The zero-order valence-corrected chi connectivity index (χ0v) is 8.05. The molecule has 0 aliphatic heterocycles. The molecule has 0 bridgehead atoms. The summed E-state index contributed by atoms with van der Waals surface area (Å²) in [5, 5.41) is 0. The molecule has 1 atom stereocenters. The Morgan fingerprint density at radius 1 is 1.42 bits per heavy atom. The molecule has 0 spiro atoms. The van der Waals surface area contributed by atoms with Gasteiger partial charge in [-0.05, 0) is 24.1 Å². The summed E-state index contributed by atoms with van der Waals surface area (Å²) in [5.41, 5.74) is 7.06. The van der Waals surface area contributed by atoms with Gasteiger partial charge in [-0.15, -0.1) is 12.4 Å². The maximum absolute atomic E-state index is 5.88. The van der Waals surface area contributed by atoms with Crippen molar-refractivity contribution < 1.29 is 0 Å². The lowest BCUT2D eigenvalue weighted by Crippen LogP contribution is -2.09. The fourth-order valence-corrected chi connectivity index (χ4v) is 1.09. The van der Waals surface area contributed by atoms with Crippen LogP contribution in [0, 0.1) is 0 Å². The number of halogens is 1. The van der Waals surface area contributed by atoms with E-state index < -0.39 is 0 Å². The molecule has 0 fully saturated rings. The Morgan fingerprint density at radius 2 is 2.00 bits per heavy atom. The Bertz CT molecular complexity index is 201. The lowest BCUT2D eigenvalue weighted by Gasteiger charge is -2.08. The zero-order chi connectivity index (χ0) is 8.10.